The van der Waals surface area contributed by atoms with Crippen LogP contribution < -0.4 is 0 Å². The molecule has 0 amide bonds. The zero-order valence-corrected chi connectivity index (χ0v) is 7.41. The standard InChI is InChI=1S/C10H6F2O3/c11-10(12,9(13)14)7-5-15-8-4-2-1-3-6(7)8/h1-5H,(H,13,14). The van der Waals surface area contributed by atoms with E-state index in [0.29, 0.717) is 0 Å². The Labute approximate surface area is 82.9 Å². The molecule has 15 heavy (non-hydrogen) atoms. The molecule has 0 aliphatic carbocycles. The number of fused-ring (bicyclic) bond motifs is 1. The summed E-state index contributed by atoms with van der Waals surface area (Å²) in [4.78, 5) is 10.4. The minimum Gasteiger partial charge on any atom is -0.477 e. The van der Waals surface area contributed by atoms with E-state index >= 15 is 0 Å². The quantitative estimate of drug-likeness (QED) is 0.832. The lowest BCUT2D eigenvalue weighted by Gasteiger charge is -2.08. The highest BCUT2D eigenvalue weighted by Crippen LogP contribution is 2.34. The van der Waals surface area contributed by atoms with Gasteiger partial charge < -0.3 is 9.52 Å². The van der Waals surface area contributed by atoms with E-state index in [2.05, 4.69) is 0 Å². The van der Waals surface area contributed by atoms with E-state index in [9.17, 15) is 13.6 Å². The van der Waals surface area contributed by atoms with E-state index in [1.165, 1.54) is 12.1 Å². The highest BCUT2D eigenvalue weighted by molar-refractivity contribution is 5.88. The third-order valence-corrected chi connectivity index (χ3v) is 2.09. The summed E-state index contributed by atoms with van der Waals surface area (Å²) < 4.78 is 31.2. The number of carboxylic acid groups (broad SMARTS) is 1. The van der Waals surface area contributed by atoms with Crippen LogP contribution in [0.25, 0.3) is 11.0 Å². The number of aliphatic carboxylic acids is 1. The maximum atomic E-state index is 13.2. The summed E-state index contributed by atoms with van der Waals surface area (Å²) in [6.07, 6.45) is 0.777. The summed E-state index contributed by atoms with van der Waals surface area (Å²) in [6.45, 7) is 0. The Morgan fingerprint density at radius 1 is 1.33 bits per heavy atom. The molecule has 0 unspecified atom stereocenters. The Hall–Kier alpha value is -1.91. The second-order valence-corrected chi connectivity index (χ2v) is 3.03. The van der Waals surface area contributed by atoms with E-state index in [4.69, 9.17) is 9.52 Å². The average molecular weight is 212 g/mol. The SMILES string of the molecule is O=C(O)C(F)(F)c1coc2ccccc12. The molecule has 0 fully saturated rings. The van der Waals surface area contributed by atoms with Crippen molar-refractivity contribution in [2.75, 3.05) is 0 Å². The Morgan fingerprint density at radius 3 is 2.67 bits per heavy atom. The molecule has 78 valence electrons. The summed E-state index contributed by atoms with van der Waals surface area (Å²) in [6, 6.07) is 6.05. The molecule has 0 saturated carbocycles. The van der Waals surface area contributed by atoms with Gasteiger partial charge in [-0.2, -0.15) is 8.78 Å². The van der Waals surface area contributed by atoms with Gasteiger partial charge >= 0.3 is 11.9 Å². The average Bonchev–Trinajstić information content (AvgIpc) is 2.61. The number of carboxylic acids is 1. The maximum absolute atomic E-state index is 13.2. The topological polar surface area (TPSA) is 50.4 Å². The van der Waals surface area contributed by atoms with Crippen molar-refractivity contribution in [2.45, 2.75) is 5.92 Å². The number of furan rings is 1. The molecular weight excluding hydrogens is 206 g/mol. The fourth-order valence-electron chi connectivity index (χ4n) is 1.34. The summed E-state index contributed by atoms with van der Waals surface area (Å²) in [5, 5.41) is 8.50. The lowest BCUT2D eigenvalue weighted by molar-refractivity contribution is -0.166. The van der Waals surface area contributed by atoms with Gasteiger partial charge in [0.15, 0.2) is 0 Å². The van der Waals surface area contributed by atoms with Crippen LogP contribution in [-0.4, -0.2) is 11.1 Å². The predicted molar refractivity (Wildman–Crippen MR) is 47.7 cm³/mol. The number of hydrogen-bond donors (Lipinski definition) is 1. The minimum atomic E-state index is -3.92. The smallest absolute Gasteiger partial charge is 0.379 e. The van der Waals surface area contributed by atoms with Crippen LogP contribution in [0.15, 0.2) is 34.9 Å². The van der Waals surface area contributed by atoms with Crippen molar-refractivity contribution in [3.8, 4) is 0 Å². The van der Waals surface area contributed by atoms with E-state index < -0.39 is 17.5 Å². The molecule has 1 N–H and O–H groups in total. The third-order valence-electron chi connectivity index (χ3n) is 2.09. The van der Waals surface area contributed by atoms with Crippen molar-refractivity contribution in [1.82, 2.24) is 0 Å². The minimum absolute atomic E-state index is 0.116. The summed E-state index contributed by atoms with van der Waals surface area (Å²) in [7, 11) is 0. The molecule has 0 atom stereocenters. The van der Waals surface area contributed by atoms with Gasteiger partial charge in [0, 0.05) is 5.39 Å². The molecule has 3 nitrogen and oxygen atoms in total. The Balaban J connectivity index is 2.67. The number of hydrogen-bond acceptors (Lipinski definition) is 2. The number of alkyl halides is 2. The predicted octanol–water partition coefficient (Wildman–Crippen LogP) is 2.61. The number of para-hydroxylation sites is 1. The van der Waals surface area contributed by atoms with Gasteiger partial charge in [0.1, 0.15) is 11.8 Å². The first-order chi connectivity index (χ1) is 7.03. The van der Waals surface area contributed by atoms with Crippen LogP contribution in [0.4, 0.5) is 8.78 Å². The molecular formula is C10H6F2O3. The van der Waals surface area contributed by atoms with Gasteiger partial charge in [-0.3, -0.25) is 0 Å². The Bertz CT molecular complexity index is 516. The van der Waals surface area contributed by atoms with Gasteiger partial charge in [-0.25, -0.2) is 4.79 Å². The van der Waals surface area contributed by atoms with Gasteiger partial charge in [-0.15, -0.1) is 0 Å². The molecule has 0 saturated heterocycles. The Kier molecular flexibility index (Phi) is 1.96. The zero-order valence-electron chi connectivity index (χ0n) is 7.41. The van der Waals surface area contributed by atoms with Crippen molar-refractivity contribution in [3.05, 3.63) is 36.1 Å². The monoisotopic (exact) mass is 212 g/mol. The van der Waals surface area contributed by atoms with Crippen LogP contribution in [-0.2, 0) is 10.7 Å². The van der Waals surface area contributed by atoms with E-state index in [1.54, 1.807) is 12.1 Å². The second kappa shape index (κ2) is 3.05. The van der Waals surface area contributed by atoms with Crippen molar-refractivity contribution in [3.63, 3.8) is 0 Å². The van der Waals surface area contributed by atoms with Crippen molar-refractivity contribution in [1.29, 1.82) is 0 Å². The molecule has 0 spiro atoms. The zero-order chi connectivity index (χ0) is 11.1. The number of benzene rings is 1. The highest BCUT2D eigenvalue weighted by atomic mass is 19.3. The normalized spacial score (nSPS) is 11.9. The molecule has 2 rings (SSSR count). The van der Waals surface area contributed by atoms with Crippen LogP contribution in [0.3, 0.4) is 0 Å². The fraction of sp³-hybridized carbons (Fsp3) is 0.100. The fourth-order valence-corrected chi connectivity index (χ4v) is 1.34. The van der Waals surface area contributed by atoms with Crippen LogP contribution >= 0.6 is 0 Å². The van der Waals surface area contributed by atoms with Crippen LogP contribution in [0.2, 0.25) is 0 Å². The highest BCUT2D eigenvalue weighted by Gasteiger charge is 2.43. The summed E-state index contributed by atoms with van der Waals surface area (Å²) in [5.74, 6) is -6.11. The molecule has 0 radical (unpaired) electrons. The number of rotatable bonds is 2. The van der Waals surface area contributed by atoms with E-state index in [1.807, 2.05) is 0 Å². The largest absolute Gasteiger partial charge is 0.477 e. The molecule has 2 aromatic rings. The van der Waals surface area contributed by atoms with E-state index in [0.717, 1.165) is 6.26 Å². The van der Waals surface area contributed by atoms with Gasteiger partial charge in [0.2, 0.25) is 0 Å². The lowest BCUT2D eigenvalue weighted by atomic mass is 10.1. The molecule has 0 aliphatic rings. The molecule has 1 aromatic heterocycles. The van der Waals surface area contributed by atoms with Crippen LogP contribution in [0.5, 0.6) is 0 Å². The second-order valence-electron chi connectivity index (χ2n) is 3.03. The molecule has 1 aromatic carbocycles. The molecule has 0 bridgehead atoms. The number of carbonyl (C=O) groups is 1. The van der Waals surface area contributed by atoms with Gasteiger partial charge in [0.25, 0.3) is 0 Å². The first-order valence-corrected chi connectivity index (χ1v) is 4.11. The third kappa shape index (κ3) is 1.36. The first kappa shape index (κ1) is 9.64. The van der Waals surface area contributed by atoms with Gasteiger partial charge in [-0.1, -0.05) is 18.2 Å². The van der Waals surface area contributed by atoms with E-state index in [-0.39, 0.29) is 11.0 Å². The molecule has 5 heteroatoms. The van der Waals surface area contributed by atoms with Gasteiger partial charge in [0.05, 0.1) is 5.56 Å². The molecule has 1 heterocycles. The van der Waals surface area contributed by atoms with Crippen LogP contribution in [0, 0.1) is 0 Å². The van der Waals surface area contributed by atoms with Crippen molar-refractivity contribution >= 4 is 16.9 Å². The van der Waals surface area contributed by atoms with Crippen LogP contribution in [0.1, 0.15) is 5.56 Å². The first-order valence-electron chi connectivity index (χ1n) is 4.11. The summed E-state index contributed by atoms with van der Waals surface area (Å²) in [5.41, 5.74) is -0.376. The summed E-state index contributed by atoms with van der Waals surface area (Å²) >= 11 is 0. The Morgan fingerprint density at radius 2 is 2.00 bits per heavy atom. The maximum Gasteiger partial charge on any atom is 0.379 e. The molecule has 0 aliphatic heterocycles. The van der Waals surface area contributed by atoms with Gasteiger partial charge in [-0.05, 0) is 6.07 Å². The number of halogens is 2. The van der Waals surface area contributed by atoms with Crippen molar-refractivity contribution in [2.24, 2.45) is 0 Å². The van der Waals surface area contributed by atoms with Crippen molar-refractivity contribution < 1.29 is 23.1 Å². The lowest BCUT2D eigenvalue weighted by Crippen LogP contribution is -2.24.